The van der Waals surface area contributed by atoms with Crippen LogP contribution in [0.3, 0.4) is 0 Å². The van der Waals surface area contributed by atoms with Gasteiger partial charge in [-0.25, -0.2) is 0 Å². The second-order valence-electron chi connectivity index (χ2n) is 6.68. The van der Waals surface area contributed by atoms with Crippen LogP contribution in [-0.2, 0) is 0 Å². The van der Waals surface area contributed by atoms with Gasteiger partial charge in [-0.3, -0.25) is 4.79 Å². The smallest absolute Gasteiger partial charge is 0.298 e. The summed E-state index contributed by atoms with van der Waals surface area (Å²) in [7, 11) is 0. The van der Waals surface area contributed by atoms with E-state index >= 15 is 0 Å². The molecular weight excluding hydrogens is 543 g/mol. The maximum Gasteiger partial charge on any atom is 0.460 e. The predicted octanol–water partition coefficient (Wildman–Crippen LogP) is 7.52. The number of hydrogen-bond acceptors (Lipinski definition) is 1. The lowest BCUT2D eigenvalue weighted by atomic mass is 9.89. The second kappa shape index (κ2) is 8.53. The Hall–Kier alpha value is -2.56. The molecule has 18 heteroatoms. The number of rotatable bonds is 9. The minimum absolute atomic E-state index is 0.135. The van der Waals surface area contributed by atoms with Crippen LogP contribution in [-0.4, -0.2) is 53.9 Å². The van der Waals surface area contributed by atoms with E-state index in [0.29, 0.717) is 12.1 Å². The summed E-state index contributed by atoms with van der Waals surface area (Å²) in [5, 5.41) is 0. The fourth-order valence-corrected chi connectivity index (χ4v) is 2.17. The van der Waals surface area contributed by atoms with Gasteiger partial charge in [0, 0.05) is 5.56 Å². The van der Waals surface area contributed by atoms with Gasteiger partial charge in [0.25, 0.3) is 0 Å². The first kappa shape index (κ1) is 30.5. The second-order valence-corrected chi connectivity index (χ2v) is 6.68. The topological polar surface area (TPSA) is 17.1 Å². The molecule has 0 bridgehead atoms. The van der Waals surface area contributed by atoms with Crippen molar-refractivity contribution in [2.45, 2.75) is 47.6 Å². The number of allylic oxidation sites excluding steroid dienone is 1. The quantitative estimate of drug-likeness (QED) is 0.230. The fourth-order valence-electron chi connectivity index (χ4n) is 2.17. The summed E-state index contributed by atoms with van der Waals surface area (Å²) in [5.41, 5.74) is -0.743. The van der Waals surface area contributed by atoms with Crippen LogP contribution in [0.25, 0.3) is 6.08 Å². The minimum atomic E-state index is -8.66. The maximum absolute atomic E-state index is 13.7. The van der Waals surface area contributed by atoms with E-state index < -0.39 is 59.3 Å². The molecule has 0 N–H and O–H groups in total. The van der Waals surface area contributed by atoms with E-state index in [4.69, 9.17) is 0 Å². The summed E-state index contributed by atoms with van der Waals surface area (Å²) in [6, 6.07) is 3.09. The zero-order chi connectivity index (χ0) is 28.1. The molecule has 35 heavy (non-hydrogen) atoms. The monoisotopic (exact) mass is 550 g/mol. The molecule has 0 aromatic heterocycles. The number of carbonyl (C=O) groups excluding carboxylic acids is 1. The highest BCUT2D eigenvalue weighted by atomic mass is 19.4. The van der Waals surface area contributed by atoms with Crippen molar-refractivity contribution < 1.29 is 79.4 Å². The van der Waals surface area contributed by atoms with E-state index in [9.17, 15) is 79.4 Å². The van der Waals surface area contributed by atoms with E-state index in [1.54, 1.807) is 0 Å². The van der Waals surface area contributed by atoms with Crippen LogP contribution in [0, 0.1) is 0 Å². The Morgan fingerprint density at radius 1 is 0.457 bits per heavy atom. The SMILES string of the molecule is O=Cc1ccc(/C=C/C(F)(F)C(F)(F)C(F)(F)C(F)(F)C(F)(F)C(F)(F)C(F)(F)C(F)(F)F)cc1. The largest absolute Gasteiger partial charge is 0.460 e. The molecule has 0 aliphatic rings. The Morgan fingerprint density at radius 3 is 1.11 bits per heavy atom. The highest BCUT2D eigenvalue weighted by Crippen LogP contribution is 2.64. The van der Waals surface area contributed by atoms with Crippen molar-refractivity contribution in [1.29, 1.82) is 0 Å². The Bertz CT molecular complexity index is 940. The van der Waals surface area contributed by atoms with Crippen molar-refractivity contribution in [2.75, 3.05) is 0 Å². The van der Waals surface area contributed by atoms with Gasteiger partial charge in [-0.05, 0) is 11.6 Å². The number of hydrogen-bond donors (Lipinski definition) is 0. The van der Waals surface area contributed by atoms with Crippen LogP contribution in [0.1, 0.15) is 15.9 Å². The molecule has 1 nitrogen and oxygen atoms in total. The van der Waals surface area contributed by atoms with E-state index in [1.165, 1.54) is 0 Å². The summed E-state index contributed by atoms with van der Waals surface area (Å²) >= 11 is 0. The molecule has 0 saturated heterocycles. The highest BCUT2D eigenvalue weighted by Gasteiger charge is 2.95. The van der Waals surface area contributed by atoms with Gasteiger partial charge in [-0.15, -0.1) is 0 Å². The van der Waals surface area contributed by atoms with Crippen LogP contribution in [0.15, 0.2) is 30.3 Å². The molecule has 0 heterocycles. The van der Waals surface area contributed by atoms with Gasteiger partial charge in [0.05, 0.1) is 0 Å². The molecule has 200 valence electrons. The molecule has 0 saturated carbocycles. The van der Waals surface area contributed by atoms with E-state index in [1.807, 2.05) is 0 Å². The molecule has 0 radical (unpaired) electrons. The lowest BCUT2D eigenvalue weighted by molar-refractivity contribution is -0.459. The molecule has 0 aliphatic heterocycles. The summed E-state index contributed by atoms with van der Waals surface area (Å²) in [5.74, 6) is -56.7. The zero-order valence-corrected chi connectivity index (χ0v) is 15.9. The van der Waals surface area contributed by atoms with Crippen molar-refractivity contribution in [3.63, 3.8) is 0 Å². The lowest BCUT2D eigenvalue weighted by Crippen LogP contribution is -2.74. The van der Waals surface area contributed by atoms with Crippen molar-refractivity contribution in [1.82, 2.24) is 0 Å². The molecule has 1 rings (SSSR count). The van der Waals surface area contributed by atoms with Gasteiger partial charge in [-0.1, -0.05) is 30.3 Å². The van der Waals surface area contributed by atoms with Crippen molar-refractivity contribution >= 4 is 12.4 Å². The molecule has 0 unspecified atom stereocenters. The molecule has 0 atom stereocenters. The third-order valence-electron chi connectivity index (χ3n) is 4.30. The van der Waals surface area contributed by atoms with Crippen LogP contribution in [0.2, 0.25) is 0 Å². The first-order valence-corrected chi connectivity index (χ1v) is 8.22. The minimum Gasteiger partial charge on any atom is -0.298 e. The third kappa shape index (κ3) is 4.43. The molecule has 0 spiro atoms. The summed E-state index contributed by atoms with van der Waals surface area (Å²) in [4.78, 5) is 10.4. The van der Waals surface area contributed by atoms with Crippen LogP contribution >= 0.6 is 0 Å². The van der Waals surface area contributed by atoms with E-state index in [0.717, 1.165) is 12.1 Å². The van der Waals surface area contributed by atoms with Crippen LogP contribution < -0.4 is 0 Å². The first-order valence-electron chi connectivity index (χ1n) is 8.22. The van der Waals surface area contributed by atoms with Gasteiger partial charge in [0.2, 0.25) is 0 Å². The van der Waals surface area contributed by atoms with Gasteiger partial charge < -0.3 is 0 Å². The maximum atomic E-state index is 13.7. The number of benzene rings is 1. The molecule has 0 fully saturated rings. The molecule has 1 aromatic rings. The summed E-state index contributed by atoms with van der Waals surface area (Å²) in [6.45, 7) is 0. The fraction of sp³-hybridized carbons (Fsp3) is 0.471. The lowest BCUT2D eigenvalue weighted by Gasteiger charge is -2.42. The Labute approximate surface area is 182 Å². The molecule has 0 amide bonds. The standard InChI is InChI=1S/C17H7F17O/c18-10(19,6-5-8-1-3-9(7-35)4-2-8)11(20,21)12(22,23)13(24,25)14(26,27)15(28,29)16(30,31)17(32,33)34/h1-7H/b6-5+. The van der Waals surface area contributed by atoms with Crippen molar-refractivity contribution in [3.05, 3.63) is 41.5 Å². The van der Waals surface area contributed by atoms with Crippen molar-refractivity contribution in [2.24, 2.45) is 0 Å². The molecule has 0 aliphatic carbocycles. The predicted molar refractivity (Wildman–Crippen MR) is 81.5 cm³/mol. The van der Waals surface area contributed by atoms with Gasteiger partial charge in [0.1, 0.15) is 6.29 Å². The summed E-state index contributed by atoms with van der Waals surface area (Å²) < 4.78 is 223. The highest BCUT2D eigenvalue weighted by molar-refractivity contribution is 5.75. The third-order valence-corrected chi connectivity index (χ3v) is 4.30. The summed E-state index contributed by atoms with van der Waals surface area (Å²) in [6.07, 6.45) is -9.08. The average molecular weight is 550 g/mol. The van der Waals surface area contributed by atoms with E-state index in [2.05, 4.69) is 0 Å². The van der Waals surface area contributed by atoms with Gasteiger partial charge in [-0.2, -0.15) is 74.6 Å². The molecule has 1 aromatic carbocycles. The number of carbonyl (C=O) groups is 1. The molecular formula is C17H7F17O. The van der Waals surface area contributed by atoms with Crippen LogP contribution in [0.4, 0.5) is 74.6 Å². The normalized spacial score (nSPS) is 15.6. The Kier molecular flexibility index (Phi) is 7.43. The number of alkyl halides is 17. The van der Waals surface area contributed by atoms with Crippen molar-refractivity contribution in [3.8, 4) is 0 Å². The Balaban J connectivity index is 3.55. The number of halogens is 17. The van der Waals surface area contributed by atoms with Gasteiger partial charge in [0.15, 0.2) is 0 Å². The Morgan fingerprint density at radius 2 is 0.771 bits per heavy atom. The van der Waals surface area contributed by atoms with Crippen LogP contribution in [0.5, 0.6) is 0 Å². The first-order chi connectivity index (χ1) is 15.3. The number of aldehydes is 1. The van der Waals surface area contributed by atoms with Gasteiger partial charge >= 0.3 is 47.6 Å². The zero-order valence-electron chi connectivity index (χ0n) is 15.9. The van der Waals surface area contributed by atoms with E-state index in [-0.39, 0.29) is 17.9 Å². The average Bonchev–Trinajstić information content (AvgIpc) is 2.70.